The summed E-state index contributed by atoms with van der Waals surface area (Å²) in [5.74, 6) is 0. The fourth-order valence-corrected chi connectivity index (χ4v) is 2.19. The lowest BCUT2D eigenvalue weighted by Gasteiger charge is -2.18. The fraction of sp³-hybridized carbons (Fsp3) is 0.357. The Hall–Kier alpha value is -1.41. The first-order valence-electron chi connectivity index (χ1n) is 5.68. The molecule has 0 aromatic heterocycles. The number of benzene rings is 1. The van der Waals surface area contributed by atoms with Crippen LogP contribution in [0.1, 0.15) is 23.6 Å². The van der Waals surface area contributed by atoms with E-state index in [9.17, 15) is 0 Å². The molecule has 1 aliphatic rings. The van der Waals surface area contributed by atoms with Gasteiger partial charge in [-0.3, -0.25) is 4.99 Å². The molecule has 1 aromatic rings. The number of rotatable bonds is 2. The van der Waals surface area contributed by atoms with Gasteiger partial charge in [0.25, 0.3) is 0 Å². The molecule has 1 heterocycles. The maximum absolute atomic E-state index is 4.31. The van der Waals surface area contributed by atoms with E-state index in [0.717, 1.165) is 30.8 Å². The average molecular weight is 214 g/mol. The highest BCUT2D eigenvalue weighted by atomic mass is 14.9. The van der Waals surface area contributed by atoms with Gasteiger partial charge in [0.05, 0.1) is 5.71 Å². The van der Waals surface area contributed by atoms with Gasteiger partial charge in [-0.25, -0.2) is 0 Å². The Balaban J connectivity index is 2.40. The molecular formula is C14H18N2. The van der Waals surface area contributed by atoms with Crippen LogP contribution in [0.25, 0.3) is 0 Å². The van der Waals surface area contributed by atoms with Crippen LogP contribution in [0, 0.1) is 0 Å². The van der Waals surface area contributed by atoms with E-state index in [1.807, 2.05) is 14.0 Å². The summed E-state index contributed by atoms with van der Waals surface area (Å²) in [5, 5.41) is 3.38. The predicted octanol–water partition coefficient (Wildman–Crippen LogP) is 2.33. The lowest BCUT2D eigenvalue weighted by molar-refractivity contribution is 0.643. The first-order valence-corrected chi connectivity index (χ1v) is 5.68. The van der Waals surface area contributed by atoms with Gasteiger partial charge in [0.15, 0.2) is 0 Å². The van der Waals surface area contributed by atoms with E-state index in [1.165, 1.54) is 16.7 Å². The summed E-state index contributed by atoms with van der Waals surface area (Å²) in [6.07, 6.45) is 1.11. The first-order chi connectivity index (χ1) is 7.72. The van der Waals surface area contributed by atoms with Gasteiger partial charge in [0.2, 0.25) is 0 Å². The van der Waals surface area contributed by atoms with E-state index in [4.69, 9.17) is 0 Å². The number of nitrogens with one attached hydrogen (secondary N) is 1. The van der Waals surface area contributed by atoms with E-state index in [-0.39, 0.29) is 0 Å². The van der Waals surface area contributed by atoms with Crippen LogP contribution in [0.2, 0.25) is 0 Å². The first kappa shape index (κ1) is 11.1. The molecule has 0 radical (unpaired) electrons. The third-order valence-corrected chi connectivity index (χ3v) is 2.99. The monoisotopic (exact) mass is 214 g/mol. The van der Waals surface area contributed by atoms with Gasteiger partial charge in [-0.15, -0.1) is 0 Å². The third-order valence-electron chi connectivity index (χ3n) is 2.99. The number of nitrogens with zero attached hydrogens (tertiary/aromatic N) is 1. The molecule has 0 aliphatic carbocycles. The second-order valence-corrected chi connectivity index (χ2v) is 4.26. The van der Waals surface area contributed by atoms with Crippen LogP contribution < -0.4 is 5.32 Å². The summed E-state index contributed by atoms with van der Waals surface area (Å²) in [7, 11) is 1.82. The van der Waals surface area contributed by atoms with E-state index in [0.29, 0.717) is 0 Å². The van der Waals surface area contributed by atoms with Crippen molar-refractivity contribution in [2.45, 2.75) is 19.9 Å². The van der Waals surface area contributed by atoms with Gasteiger partial charge in [0, 0.05) is 19.2 Å². The van der Waals surface area contributed by atoms with Crippen molar-refractivity contribution in [1.82, 2.24) is 5.32 Å². The number of hydrogen-bond donors (Lipinski definition) is 1. The molecule has 1 aromatic carbocycles. The minimum absolute atomic E-state index is 0.987. The van der Waals surface area contributed by atoms with E-state index in [1.54, 1.807) is 0 Å². The zero-order chi connectivity index (χ0) is 11.5. The van der Waals surface area contributed by atoms with Crippen molar-refractivity contribution in [2.24, 2.45) is 4.99 Å². The second-order valence-electron chi connectivity index (χ2n) is 4.26. The molecular weight excluding hydrogens is 196 g/mol. The van der Waals surface area contributed by atoms with Crippen molar-refractivity contribution in [2.75, 3.05) is 13.6 Å². The van der Waals surface area contributed by atoms with Gasteiger partial charge >= 0.3 is 0 Å². The van der Waals surface area contributed by atoms with Crippen LogP contribution in [0.3, 0.4) is 0 Å². The zero-order valence-electron chi connectivity index (χ0n) is 10.0. The van der Waals surface area contributed by atoms with Crippen LogP contribution in [0.15, 0.2) is 35.3 Å². The molecule has 0 saturated heterocycles. The molecule has 2 nitrogen and oxygen atoms in total. The van der Waals surface area contributed by atoms with Gasteiger partial charge in [-0.05, 0) is 42.7 Å². The Morgan fingerprint density at radius 3 is 2.88 bits per heavy atom. The normalized spacial score (nSPS) is 15.8. The maximum atomic E-state index is 4.31. The summed E-state index contributed by atoms with van der Waals surface area (Å²) >= 11 is 0. The van der Waals surface area contributed by atoms with E-state index < -0.39 is 0 Å². The number of hydrogen-bond acceptors (Lipinski definition) is 2. The minimum atomic E-state index is 0.987. The summed E-state index contributed by atoms with van der Waals surface area (Å²) < 4.78 is 0. The molecule has 0 unspecified atom stereocenters. The highest BCUT2D eigenvalue weighted by Crippen LogP contribution is 2.18. The molecule has 0 amide bonds. The maximum Gasteiger partial charge on any atom is 0.0666 e. The topological polar surface area (TPSA) is 24.4 Å². The van der Waals surface area contributed by atoms with Crippen molar-refractivity contribution in [3.05, 3.63) is 47.0 Å². The van der Waals surface area contributed by atoms with Crippen LogP contribution in [-0.2, 0) is 13.0 Å². The van der Waals surface area contributed by atoms with E-state index in [2.05, 4.69) is 35.1 Å². The fourth-order valence-electron chi connectivity index (χ4n) is 2.19. The molecule has 2 heteroatoms. The van der Waals surface area contributed by atoms with Crippen molar-refractivity contribution in [3.8, 4) is 0 Å². The highest BCUT2D eigenvalue weighted by Gasteiger charge is 2.11. The van der Waals surface area contributed by atoms with Crippen molar-refractivity contribution in [1.29, 1.82) is 0 Å². The lowest BCUT2D eigenvalue weighted by atomic mass is 9.95. The zero-order valence-corrected chi connectivity index (χ0v) is 10.0. The Morgan fingerprint density at radius 2 is 2.19 bits per heavy atom. The summed E-state index contributed by atoms with van der Waals surface area (Å²) in [6.45, 7) is 8.03. The van der Waals surface area contributed by atoms with Crippen LogP contribution in [0.4, 0.5) is 0 Å². The Morgan fingerprint density at radius 1 is 1.38 bits per heavy atom. The molecule has 0 saturated carbocycles. The number of fused-ring (bicyclic) bond motifs is 1. The molecule has 0 bridgehead atoms. The standard InChI is InChI=1S/C14H18N2/c1-10(2)14(15-3)12-4-5-13-9-16-7-6-11(13)8-12/h4-5,8,16H,1,6-7,9H2,2-3H3. The minimum Gasteiger partial charge on any atom is -0.312 e. The van der Waals surface area contributed by atoms with Crippen LogP contribution in [-0.4, -0.2) is 19.3 Å². The number of aliphatic imine (C=N–C) groups is 1. The van der Waals surface area contributed by atoms with Crippen molar-refractivity contribution < 1.29 is 0 Å². The van der Waals surface area contributed by atoms with Gasteiger partial charge < -0.3 is 5.32 Å². The molecule has 2 rings (SSSR count). The summed E-state index contributed by atoms with van der Waals surface area (Å²) in [4.78, 5) is 4.31. The average Bonchev–Trinajstić information content (AvgIpc) is 2.29. The number of allylic oxidation sites excluding steroid dienone is 1. The lowest BCUT2D eigenvalue weighted by Crippen LogP contribution is -2.23. The predicted molar refractivity (Wildman–Crippen MR) is 69.1 cm³/mol. The summed E-state index contributed by atoms with van der Waals surface area (Å²) in [5.41, 5.74) is 6.08. The second kappa shape index (κ2) is 4.62. The third kappa shape index (κ3) is 2.07. The molecule has 16 heavy (non-hydrogen) atoms. The van der Waals surface area contributed by atoms with Crippen LogP contribution >= 0.6 is 0 Å². The largest absolute Gasteiger partial charge is 0.312 e. The summed E-state index contributed by atoms with van der Waals surface area (Å²) in [6, 6.07) is 6.60. The van der Waals surface area contributed by atoms with Crippen molar-refractivity contribution in [3.63, 3.8) is 0 Å². The van der Waals surface area contributed by atoms with Crippen LogP contribution in [0.5, 0.6) is 0 Å². The quantitative estimate of drug-likeness (QED) is 0.751. The van der Waals surface area contributed by atoms with Gasteiger partial charge in [0.1, 0.15) is 0 Å². The molecule has 84 valence electrons. The Kier molecular flexibility index (Phi) is 3.20. The molecule has 0 spiro atoms. The van der Waals surface area contributed by atoms with Crippen molar-refractivity contribution >= 4 is 5.71 Å². The van der Waals surface area contributed by atoms with E-state index >= 15 is 0 Å². The van der Waals surface area contributed by atoms with Gasteiger partial charge in [-0.1, -0.05) is 18.7 Å². The molecule has 0 atom stereocenters. The SMILES string of the molecule is C=C(C)C(=NC)c1ccc2c(c1)CCNC2. The highest BCUT2D eigenvalue weighted by molar-refractivity contribution is 6.11. The smallest absolute Gasteiger partial charge is 0.0666 e. The molecule has 1 aliphatic heterocycles. The van der Waals surface area contributed by atoms with Gasteiger partial charge in [-0.2, -0.15) is 0 Å². The molecule has 0 fully saturated rings. The Bertz CT molecular complexity index is 444. The molecule has 1 N–H and O–H groups in total. The Labute approximate surface area is 97.1 Å².